The van der Waals surface area contributed by atoms with Crippen LogP contribution in [-0.4, -0.2) is 16.8 Å². The maximum atomic E-state index is 13.1. The lowest BCUT2D eigenvalue weighted by Gasteiger charge is -2.11. The van der Waals surface area contributed by atoms with Crippen LogP contribution in [0.4, 0.5) is 15.8 Å². The van der Waals surface area contributed by atoms with E-state index < -0.39 is 17.3 Å². The Morgan fingerprint density at radius 1 is 0.938 bits per heavy atom. The molecule has 0 aliphatic carbocycles. The number of aryl methyl sites for hydroxylation is 1. The SMILES string of the molecule is Cc1ccc(CC(=O)Nc2cccc3[nH]c(=O)c(C(=O)Nc4ccc(F)cc4)cc23)cc1. The molecule has 0 atom stereocenters. The van der Waals surface area contributed by atoms with Crippen molar-refractivity contribution in [2.24, 2.45) is 0 Å². The van der Waals surface area contributed by atoms with Gasteiger partial charge >= 0.3 is 0 Å². The molecule has 7 heteroatoms. The molecule has 1 aromatic heterocycles. The lowest BCUT2D eigenvalue weighted by atomic mass is 10.1. The lowest BCUT2D eigenvalue weighted by Crippen LogP contribution is -2.23. The number of amides is 2. The summed E-state index contributed by atoms with van der Waals surface area (Å²) in [6.45, 7) is 1.98. The molecular formula is C25H20FN3O3. The van der Waals surface area contributed by atoms with Gasteiger partial charge in [-0.2, -0.15) is 0 Å². The number of nitrogens with one attached hydrogen (secondary N) is 3. The van der Waals surface area contributed by atoms with Crippen molar-refractivity contribution < 1.29 is 14.0 Å². The third-order valence-corrected chi connectivity index (χ3v) is 4.99. The second-order valence-electron chi connectivity index (χ2n) is 7.45. The number of carbonyl (C=O) groups is 2. The predicted molar refractivity (Wildman–Crippen MR) is 122 cm³/mol. The van der Waals surface area contributed by atoms with E-state index in [0.29, 0.717) is 22.3 Å². The summed E-state index contributed by atoms with van der Waals surface area (Å²) in [5.41, 5.74) is 2.62. The van der Waals surface area contributed by atoms with E-state index in [4.69, 9.17) is 0 Å². The monoisotopic (exact) mass is 429 g/mol. The van der Waals surface area contributed by atoms with Crippen LogP contribution in [-0.2, 0) is 11.2 Å². The number of H-pyrrole nitrogens is 1. The average Bonchev–Trinajstić information content (AvgIpc) is 2.76. The molecule has 3 N–H and O–H groups in total. The molecule has 0 unspecified atom stereocenters. The van der Waals surface area contributed by atoms with Gasteiger partial charge in [-0.3, -0.25) is 14.4 Å². The van der Waals surface area contributed by atoms with Gasteiger partial charge in [0, 0.05) is 11.1 Å². The number of aromatic amines is 1. The molecule has 32 heavy (non-hydrogen) atoms. The van der Waals surface area contributed by atoms with Crippen molar-refractivity contribution in [1.29, 1.82) is 0 Å². The summed E-state index contributed by atoms with van der Waals surface area (Å²) >= 11 is 0. The summed E-state index contributed by atoms with van der Waals surface area (Å²) in [7, 11) is 0. The molecule has 0 spiro atoms. The van der Waals surface area contributed by atoms with Crippen LogP contribution < -0.4 is 16.2 Å². The standard InChI is InChI=1S/C25H20FN3O3/c1-15-5-7-16(8-6-15)13-23(30)28-21-3-2-4-22-19(21)14-20(25(32)29-22)24(31)27-18-11-9-17(26)10-12-18/h2-12,14H,13H2,1H3,(H,27,31)(H,28,30)(H,29,32). The van der Waals surface area contributed by atoms with Crippen molar-refractivity contribution in [2.75, 3.05) is 10.6 Å². The van der Waals surface area contributed by atoms with Crippen LogP contribution in [0.15, 0.2) is 77.6 Å². The molecule has 0 radical (unpaired) electrons. The normalized spacial score (nSPS) is 10.7. The first-order chi connectivity index (χ1) is 15.4. The van der Waals surface area contributed by atoms with Crippen molar-refractivity contribution in [2.45, 2.75) is 13.3 Å². The summed E-state index contributed by atoms with van der Waals surface area (Å²) in [4.78, 5) is 40.4. The fourth-order valence-corrected chi connectivity index (χ4v) is 3.32. The van der Waals surface area contributed by atoms with Gasteiger partial charge in [0.1, 0.15) is 11.4 Å². The Hall–Kier alpha value is -4.26. The number of aromatic nitrogens is 1. The predicted octanol–water partition coefficient (Wildman–Crippen LogP) is 4.41. The van der Waals surface area contributed by atoms with Crippen LogP contribution >= 0.6 is 0 Å². The van der Waals surface area contributed by atoms with E-state index in [1.807, 2.05) is 31.2 Å². The van der Waals surface area contributed by atoms with Crippen LogP contribution in [0.25, 0.3) is 10.9 Å². The first-order valence-corrected chi connectivity index (χ1v) is 9.97. The number of halogens is 1. The van der Waals surface area contributed by atoms with E-state index >= 15 is 0 Å². The van der Waals surface area contributed by atoms with Gasteiger partial charge in [0.25, 0.3) is 11.5 Å². The molecule has 0 fully saturated rings. The van der Waals surface area contributed by atoms with Crippen LogP contribution in [0.2, 0.25) is 0 Å². The molecule has 1 heterocycles. The fraction of sp³-hybridized carbons (Fsp3) is 0.0800. The third kappa shape index (κ3) is 4.73. The summed E-state index contributed by atoms with van der Waals surface area (Å²) < 4.78 is 13.1. The second kappa shape index (κ2) is 8.85. The van der Waals surface area contributed by atoms with Gasteiger partial charge < -0.3 is 15.6 Å². The molecule has 160 valence electrons. The number of carbonyl (C=O) groups excluding carboxylic acids is 2. The van der Waals surface area contributed by atoms with Gasteiger partial charge in [-0.05, 0) is 55.0 Å². The number of pyridine rings is 1. The Kier molecular flexibility index (Phi) is 5.81. The largest absolute Gasteiger partial charge is 0.325 e. The quantitative estimate of drug-likeness (QED) is 0.439. The number of fused-ring (bicyclic) bond motifs is 1. The maximum absolute atomic E-state index is 13.1. The maximum Gasteiger partial charge on any atom is 0.261 e. The molecule has 2 amide bonds. The van der Waals surface area contributed by atoms with Crippen molar-refractivity contribution in [3.05, 3.63) is 106 Å². The zero-order valence-electron chi connectivity index (χ0n) is 17.2. The summed E-state index contributed by atoms with van der Waals surface area (Å²) in [6.07, 6.45) is 0.192. The van der Waals surface area contributed by atoms with Gasteiger partial charge in [0.2, 0.25) is 5.91 Å². The van der Waals surface area contributed by atoms with E-state index in [-0.39, 0.29) is 17.9 Å². The second-order valence-corrected chi connectivity index (χ2v) is 7.45. The minimum atomic E-state index is -0.638. The number of hydrogen-bond acceptors (Lipinski definition) is 3. The summed E-state index contributed by atoms with van der Waals surface area (Å²) in [6, 6.07) is 19.4. The molecule has 4 aromatic rings. The molecule has 0 aliphatic heterocycles. The highest BCUT2D eigenvalue weighted by Gasteiger charge is 2.15. The van der Waals surface area contributed by atoms with Crippen LogP contribution in [0.3, 0.4) is 0 Å². The Labute approximate surface area is 183 Å². The molecule has 0 saturated carbocycles. The number of hydrogen-bond donors (Lipinski definition) is 3. The average molecular weight is 429 g/mol. The van der Waals surface area contributed by atoms with E-state index in [1.54, 1.807) is 18.2 Å². The van der Waals surface area contributed by atoms with Crippen molar-refractivity contribution in [3.8, 4) is 0 Å². The van der Waals surface area contributed by atoms with Gasteiger partial charge in [0.05, 0.1) is 17.6 Å². The lowest BCUT2D eigenvalue weighted by molar-refractivity contribution is -0.115. The highest BCUT2D eigenvalue weighted by Crippen LogP contribution is 2.22. The zero-order valence-corrected chi connectivity index (χ0v) is 17.2. The van der Waals surface area contributed by atoms with Gasteiger partial charge in [-0.15, -0.1) is 0 Å². The number of anilines is 2. The molecule has 0 aliphatic rings. The first kappa shape index (κ1) is 21.0. The Morgan fingerprint density at radius 3 is 2.38 bits per heavy atom. The smallest absolute Gasteiger partial charge is 0.261 e. The molecule has 6 nitrogen and oxygen atoms in total. The van der Waals surface area contributed by atoms with Crippen molar-refractivity contribution >= 4 is 34.1 Å². The number of rotatable bonds is 5. The Balaban J connectivity index is 1.60. The van der Waals surface area contributed by atoms with Crippen LogP contribution in [0, 0.1) is 12.7 Å². The van der Waals surface area contributed by atoms with Gasteiger partial charge in [-0.25, -0.2) is 4.39 Å². The van der Waals surface area contributed by atoms with Crippen molar-refractivity contribution in [3.63, 3.8) is 0 Å². The third-order valence-electron chi connectivity index (χ3n) is 4.99. The van der Waals surface area contributed by atoms with E-state index in [2.05, 4.69) is 15.6 Å². The van der Waals surface area contributed by atoms with Crippen molar-refractivity contribution in [1.82, 2.24) is 4.98 Å². The molecular weight excluding hydrogens is 409 g/mol. The summed E-state index contributed by atoms with van der Waals surface area (Å²) in [5, 5.41) is 5.95. The highest BCUT2D eigenvalue weighted by atomic mass is 19.1. The summed E-state index contributed by atoms with van der Waals surface area (Å²) in [5.74, 6) is -1.29. The minimum Gasteiger partial charge on any atom is -0.325 e. The zero-order chi connectivity index (χ0) is 22.7. The molecule has 3 aromatic carbocycles. The molecule has 4 rings (SSSR count). The number of benzene rings is 3. The molecule has 0 saturated heterocycles. The van der Waals surface area contributed by atoms with Gasteiger partial charge in [-0.1, -0.05) is 35.9 Å². The minimum absolute atomic E-state index is 0.123. The van der Waals surface area contributed by atoms with E-state index in [1.165, 1.54) is 30.3 Å². The first-order valence-electron chi connectivity index (χ1n) is 9.97. The highest BCUT2D eigenvalue weighted by molar-refractivity contribution is 6.08. The Morgan fingerprint density at radius 2 is 1.66 bits per heavy atom. The van der Waals surface area contributed by atoms with E-state index in [0.717, 1.165) is 11.1 Å². The van der Waals surface area contributed by atoms with Gasteiger partial charge in [0.15, 0.2) is 0 Å². The fourth-order valence-electron chi connectivity index (χ4n) is 3.32. The topological polar surface area (TPSA) is 91.1 Å². The Bertz CT molecular complexity index is 1360. The van der Waals surface area contributed by atoms with Crippen LogP contribution in [0.5, 0.6) is 0 Å². The van der Waals surface area contributed by atoms with E-state index in [9.17, 15) is 18.8 Å². The van der Waals surface area contributed by atoms with Crippen LogP contribution in [0.1, 0.15) is 21.5 Å². The molecule has 0 bridgehead atoms.